The van der Waals surface area contributed by atoms with Crippen molar-refractivity contribution in [1.82, 2.24) is 20.1 Å². The van der Waals surface area contributed by atoms with Gasteiger partial charge in [0.05, 0.1) is 22.1 Å². The van der Waals surface area contributed by atoms with Crippen LogP contribution in [0.2, 0.25) is 0 Å². The number of nitrogens with one attached hydrogen (secondary N) is 2. The molecule has 0 aliphatic rings. The molecule has 30 heavy (non-hydrogen) atoms. The lowest BCUT2D eigenvalue weighted by Gasteiger charge is -2.19. The Bertz CT molecular complexity index is 1090. The Morgan fingerprint density at radius 2 is 1.80 bits per heavy atom. The van der Waals surface area contributed by atoms with E-state index in [1.807, 2.05) is 38.1 Å². The summed E-state index contributed by atoms with van der Waals surface area (Å²) < 4.78 is 1.36. The number of hydrogen-bond donors (Lipinski definition) is 2. The van der Waals surface area contributed by atoms with Gasteiger partial charge in [0.1, 0.15) is 5.69 Å². The Kier molecular flexibility index (Phi) is 6.36. The maximum absolute atomic E-state index is 12.2. The fourth-order valence-corrected chi connectivity index (χ4v) is 3.89. The zero-order valence-corrected chi connectivity index (χ0v) is 18.8. The molecule has 158 valence electrons. The predicted octanol–water partition coefficient (Wildman–Crippen LogP) is 4.10. The average molecular weight is 426 g/mol. The molecule has 0 saturated heterocycles. The van der Waals surface area contributed by atoms with Crippen LogP contribution in [0, 0.1) is 13.8 Å². The molecule has 0 aliphatic carbocycles. The molecule has 0 aliphatic heterocycles. The molecule has 2 amide bonds. The van der Waals surface area contributed by atoms with Crippen molar-refractivity contribution < 1.29 is 4.79 Å². The van der Waals surface area contributed by atoms with E-state index in [9.17, 15) is 9.59 Å². The summed E-state index contributed by atoms with van der Waals surface area (Å²) in [4.78, 5) is 29.7. The van der Waals surface area contributed by atoms with Crippen LogP contribution in [0.5, 0.6) is 0 Å². The van der Waals surface area contributed by atoms with E-state index < -0.39 is 0 Å². The normalized spacial score (nSPS) is 11.4. The number of nitrogens with zero attached hydrogens (tertiary/aromatic N) is 3. The second-order valence-corrected chi connectivity index (χ2v) is 9.34. The molecule has 2 aromatic heterocycles. The molecule has 2 heterocycles. The first-order valence-corrected chi connectivity index (χ1v) is 10.6. The van der Waals surface area contributed by atoms with Gasteiger partial charge in [0.25, 0.3) is 5.56 Å². The second-order valence-electron chi connectivity index (χ2n) is 8.14. The zero-order valence-electron chi connectivity index (χ0n) is 17.9. The molecular formula is C22H27N5O2S. The third-order valence-electron chi connectivity index (χ3n) is 4.62. The van der Waals surface area contributed by atoms with Crippen LogP contribution in [-0.4, -0.2) is 27.3 Å². The molecule has 0 radical (unpaired) electrons. The lowest BCUT2D eigenvalue weighted by atomic mass is 9.87. The van der Waals surface area contributed by atoms with Crippen LogP contribution in [0.15, 0.2) is 41.2 Å². The summed E-state index contributed by atoms with van der Waals surface area (Å²) in [6, 6.07) is 10.7. The lowest BCUT2D eigenvalue weighted by Crippen LogP contribution is -2.34. The van der Waals surface area contributed by atoms with E-state index in [-0.39, 0.29) is 30.1 Å². The molecule has 0 saturated carbocycles. The van der Waals surface area contributed by atoms with Crippen LogP contribution >= 0.6 is 11.3 Å². The number of hydrogen-bond acceptors (Lipinski definition) is 5. The molecule has 0 atom stereocenters. The maximum atomic E-state index is 12.2. The number of benzene rings is 1. The van der Waals surface area contributed by atoms with Gasteiger partial charge in [-0.2, -0.15) is 5.10 Å². The van der Waals surface area contributed by atoms with Gasteiger partial charge in [-0.1, -0.05) is 32.9 Å². The standard InChI is InChI=1S/C22H27N5O2S/c1-14-20(30-15(2)24-14)18-10-11-19(28)27(26-18)13-12-23-21(29)25-17-8-6-16(7-9-17)22(3,4)5/h6-11H,12-13H2,1-5H3,(H2,23,25,29). The number of aromatic nitrogens is 3. The monoisotopic (exact) mass is 425 g/mol. The summed E-state index contributed by atoms with van der Waals surface area (Å²) in [7, 11) is 0. The van der Waals surface area contributed by atoms with E-state index in [2.05, 4.69) is 41.5 Å². The summed E-state index contributed by atoms with van der Waals surface area (Å²) >= 11 is 1.55. The Labute approximate surface area is 180 Å². The highest BCUT2D eigenvalue weighted by Gasteiger charge is 2.13. The van der Waals surface area contributed by atoms with E-state index in [1.165, 1.54) is 16.3 Å². The van der Waals surface area contributed by atoms with Crippen molar-refractivity contribution >= 4 is 23.1 Å². The smallest absolute Gasteiger partial charge is 0.319 e. The van der Waals surface area contributed by atoms with Crippen molar-refractivity contribution in [2.75, 3.05) is 11.9 Å². The molecule has 0 fully saturated rings. The van der Waals surface area contributed by atoms with E-state index in [4.69, 9.17) is 0 Å². The summed E-state index contributed by atoms with van der Waals surface area (Å²) in [5.41, 5.74) is 3.37. The Balaban J connectivity index is 1.58. The average Bonchev–Trinajstić information content (AvgIpc) is 3.01. The van der Waals surface area contributed by atoms with Gasteiger partial charge in [-0.15, -0.1) is 11.3 Å². The molecule has 2 N–H and O–H groups in total. The van der Waals surface area contributed by atoms with Crippen molar-refractivity contribution in [3.8, 4) is 10.6 Å². The highest BCUT2D eigenvalue weighted by molar-refractivity contribution is 7.15. The molecular weight excluding hydrogens is 398 g/mol. The molecule has 0 unspecified atom stereocenters. The molecule has 7 nitrogen and oxygen atoms in total. The van der Waals surface area contributed by atoms with E-state index in [1.54, 1.807) is 17.4 Å². The summed E-state index contributed by atoms with van der Waals surface area (Å²) in [6.45, 7) is 10.9. The van der Waals surface area contributed by atoms with Crippen molar-refractivity contribution in [2.24, 2.45) is 0 Å². The minimum Gasteiger partial charge on any atom is -0.336 e. The topological polar surface area (TPSA) is 88.9 Å². The minimum absolute atomic E-state index is 0.0615. The number of amides is 2. The van der Waals surface area contributed by atoms with Gasteiger partial charge in [-0.3, -0.25) is 4.79 Å². The van der Waals surface area contributed by atoms with Gasteiger partial charge in [0, 0.05) is 18.3 Å². The Morgan fingerprint density at radius 1 is 1.10 bits per heavy atom. The highest BCUT2D eigenvalue weighted by atomic mass is 32.1. The fourth-order valence-electron chi connectivity index (χ4n) is 3.00. The van der Waals surface area contributed by atoms with Crippen LogP contribution in [0.25, 0.3) is 10.6 Å². The first kappa shape index (κ1) is 21.7. The number of anilines is 1. The Morgan fingerprint density at radius 3 is 2.40 bits per heavy atom. The van der Waals surface area contributed by atoms with Crippen molar-refractivity contribution in [1.29, 1.82) is 0 Å². The van der Waals surface area contributed by atoms with E-state index in [0.29, 0.717) is 11.4 Å². The fraction of sp³-hybridized carbons (Fsp3) is 0.364. The summed E-state index contributed by atoms with van der Waals surface area (Å²) in [5, 5.41) is 11.0. The molecule has 0 spiro atoms. The van der Waals surface area contributed by atoms with Crippen LogP contribution in [0.4, 0.5) is 10.5 Å². The number of carbonyl (C=O) groups is 1. The number of rotatable bonds is 5. The third-order valence-corrected chi connectivity index (χ3v) is 5.72. The second kappa shape index (κ2) is 8.79. The predicted molar refractivity (Wildman–Crippen MR) is 121 cm³/mol. The lowest BCUT2D eigenvalue weighted by molar-refractivity contribution is 0.251. The van der Waals surface area contributed by atoms with E-state index in [0.717, 1.165) is 15.6 Å². The van der Waals surface area contributed by atoms with Gasteiger partial charge in [0.15, 0.2) is 0 Å². The molecule has 3 aromatic rings. The minimum atomic E-state index is -0.323. The van der Waals surface area contributed by atoms with Crippen LogP contribution in [0.3, 0.4) is 0 Å². The number of aryl methyl sites for hydroxylation is 2. The van der Waals surface area contributed by atoms with Crippen LogP contribution in [0.1, 0.15) is 37.0 Å². The van der Waals surface area contributed by atoms with Gasteiger partial charge < -0.3 is 10.6 Å². The van der Waals surface area contributed by atoms with Gasteiger partial charge in [-0.25, -0.2) is 14.5 Å². The van der Waals surface area contributed by atoms with Crippen LogP contribution < -0.4 is 16.2 Å². The third kappa shape index (κ3) is 5.33. The quantitative estimate of drug-likeness (QED) is 0.644. The first-order chi connectivity index (χ1) is 14.1. The molecule has 8 heteroatoms. The van der Waals surface area contributed by atoms with E-state index >= 15 is 0 Å². The van der Waals surface area contributed by atoms with Crippen molar-refractivity contribution in [2.45, 2.75) is 46.6 Å². The number of carbonyl (C=O) groups excluding carboxylic acids is 1. The van der Waals surface area contributed by atoms with Crippen molar-refractivity contribution in [3.63, 3.8) is 0 Å². The number of thiazole rings is 1. The summed E-state index contributed by atoms with van der Waals surface area (Å²) in [6.07, 6.45) is 0. The first-order valence-electron chi connectivity index (χ1n) is 9.81. The summed E-state index contributed by atoms with van der Waals surface area (Å²) in [5.74, 6) is 0. The molecule has 1 aromatic carbocycles. The maximum Gasteiger partial charge on any atom is 0.319 e. The zero-order chi connectivity index (χ0) is 21.9. The van der Waals surface area contributed by atoms with Crippen LogP contribution in [-0.2, 0) is 12.0 Å². The molecule has 0 bridgehead atoms. The Hall–Kier alpha value is -3.00. The number of urea groups is 1. The van der Waals surface area contributed by atoms with Gasteiger partial charge >= 0.3 is 6.03 Å². The van der Waals surface area contributed by atoms with Crippen molar-refractivity contribution in [3.05, 3.63) is 63.0 Å². The highest BCUT2D eigenvalue weighted by Crippen LogP contribution is 2.27. The van der Waals surface area contributed by atoms with Gasteiger partial charge in [0.2, 0.25) is 0 Å². The van der Waals surface area contributed by atoms with Gasteiger partial charge in [-0.05, 0) is 43.0 Å². The molecule has 3 rings (SSSR count). The SMILES string of the molecule is Cc1nc(C)c(-c2ccc(=O)n(CCNC(=O)Nc3ccc(C(C)(C)C)cc3)n2)s1. The largest absolute Gasteiger partial charge is 0.336 e.